The van der Waals surface area contributed by atoms with Crippen LogP contribution in [0.2, 0.25) is 0 Å². The second-order valence-electron chi connectivity index (χ2n) is 3.77. The molecular weight excluding hydrogens is 230 g/mol. The maximum absolute atomic E-state index is 11.7. The molecule has 5 nitrogen and oxygen atoms in total. The molecule has 0 amide bonds. The molecule has 0 N–H and O–H groups in total. The Morgan fingerprint density at radius 3 is 2.38 bits per heavy atom. The SMILES string of the molecule is CC(C)c1ccccc1S(=O)(=O)C[N+](=O)[O-]. The second kappa shape index (κ2) is 4.61. The first-order valence-corrected chi connectivity index (χ1v) is 6.43. The van der Waals surface area contributed by atoms with Crippen LogP contribution in [-0.4, -0.2) is 19.2 Å². The minimum atomic E-state index is -3.83. The van der Waals surface area contributed by atoms with E-state index in [-0.39, 0.29) is 10.8 Å². The van der Waals surface area contributed by atoms with E-state index in [4.69, 9.17) is 0 Å². The summed E-state index contributed by atoms with van der Waals surface area (Å²) >= 11 is 0. The molecule has 0 heterocycles. The lowest BCUT2D eigenvalue weighted by molar-refractivity contribution is -0.458. The molecule has 88 valence electrons. The highest BCUT2D eigenvalue weighted by atomic mass is 32.2. The molecule has 0 bridgehead atoms. The molecule has 1 rings (SSSR count). The summed E-state index contributed by atoms with van der Waals surface area (Å²) in [5.41, 5.74) is 0.615. The van der Waals surface area contributed by atoms with Gasteiger partial charge in [-0.1, -0.05) is 32.0 Å². The number of nitrogens with zero attached hydrogens (tertiary/aromatic N) is 1. The first-order chi connectivity index (χ1) is 7.34. The molecular formula is C10H13NO4S. The minimum Gasteiger partial charge on any atom is -0.263 e. The van der Waals surface area contributed by atoms with E-state index in [0.29, 0.717) is 5.56 Å². The van der Waals surface area contributed by atoms with Crippen LogP contribution in [0, 0.1) is 10.1 Å². The first kappa shape index (κ1) is 12.6. The van der Waals surface area contributed by atoms with Crippen LogP contribution < -0.4 is 0 Å². The smallest absolute Gasteiger partial charge is 0.263 e. The zero-order valence-electron chi connectivity index (χ0n) is 9.08. The van der Waals surface area contributed by atoms with Crippen LogP contribution in [0.5, 0.6) is 0 Å². The molecule has 0 aliphatic rings. The van der Waals surface area contributed by atoms with E-state index >= 15 is 0 Å². The van der Waals surface area contributed by atoms with Crippen LogP contribution in [0.4, 0.5) is 0 Å². The monoisotopic (exact) mass is 243 g/mol. The van der Waals surface area contributed by atoms with Crippen molar-refractivity contribution in [3.8, 4) is 0 Å². The van der Waals surface area contributed by atoms with Gasteiger partial charge in [-0.05, 0) is 17.5 Å². The number of hydrogen-bond acceptors (Lipinski definition) is 4. The summed E-state index contributed by atoms with van der Waals surface area (Å²) in [5.74, 6) is -1.05. The third kappa shape index (κ3) is 2.79. The molecule has 16 heavy (non-hydrogen) atoms. The maximum atomic E-state index is 11.7. The van der Waals surface area contributed by atoms with Gasteiger partial charge in [0.25, 0.3) is 0 Å². The van der Waals surface area contributed by atoms with Crippen LogP contribution in [0.15, 0.2) is 29.2 Å². The molecule has 0 aromatic heterocycles. The van der Waals surface area contributed by atoms with E-state index in [2.05, 4.69) is 0 Å². The summed E-state index contributed by atoms with van der Waals surface area (Å²) in [5, 5.41) is 10.3. The number of hydrogen-bond donors (Lipinski definition) is 0. The minimum absolute atomic E-state index is 0.0118. The van der Waals surface area contributed by atoms with Crippen molar-refractivity contribution in [1.29, 1.82) is 0 Å². The zero-order valence-corrected chi connectivity index (χ0v) is 9.90. The molecule has 0 aliphatic carbocycles. The summed E-state index contributed by atoms with van der Waals surface area (Å²) < 4.78 is 23.5. The summed E-state index contributed by atoms with van der Waals surface area (Å²) in [4.78, 5) is 9.53. The third-order valence-electron chi connectivity index (χ3n) is 2.15. The van der Waals surface area contributed by atoms with Gasteiger partial charge >= 0.3 is 5.88 Å². The molecule has 0 spiro atoms. The Hall–Kier alpha value is -1.43. The van der Waals surface area contributed by atoms with Crippen LogP contribution >= 0.6 is 0 Å². The lowest BCUT2D eigenvalue weighted by Crippen LogP contribution is -2.16. The molecule has 1 aromatic rings. The standard InChI is InChI=1S/C10H13NO4S/c1-8(2)9-5-3-4-6-10(9)16(14,15)7-11(12)13/h3-6,8H,7H2,1-2H3. The molecule has 0 atom stereocenters. The number of nitro groups is 1. The highest BCUT2D eigenvalue weighted by molar-refractivity contribution is 7.91. The van der Waals surface area contributed by atoms with Gasteiger partial charge in [0.05, 0.1) is 4.90 Å². The molecule has 0 radical (unpaired) electrons. The fraction of sp³-hybridized carbons (Fsp3) is 0.400. The van der Waals surface area contributed by atoms with Crippen molar-refractivity contribution >= 4 is 9.84 Å². The van der Waals surface area contributed by atoms with E-state index in [1.807, 2.05) is 13.8 Å². The van der Waals surface area contributed by atoms with Gasteiger partial charge in [0, 0.05) is 4.92 Å². The zero-order chi connectivity index (χ0) is 12.3. The van der Waals surface area contributed by atoms with E-state index in [9.17, 15) is 18.5 Å². The van der Waals surface area contributed by atoms with Gasteiger partial charge in [0.15, 0.2) is 0 Å². The van der Waals surface area contributed by atoms with Crippen LogP contribution in [-0.2, 0) is 9.84 Å². The van der Waals surface area contributed by atoms with E-state index in [1.54, 1.807) is 18.2 Å². The highest BCUT2D eigenvalue weighted by Gasteiger charge is 2.24. The Morgan fingerprint density at radius 2 is 1.88 bits per heavy atom. The topological polar surface area (TPSA) is 77.3 Å². The molecule has 0 saturated carbocycles. The van der Waals surface area contributed by atoms with Crippen LogP contribution in [0.3, 0.4) is 0 Å². The summed E-state index contributed by atoms with van der Waals surface area (Å²) in [6.45, 7) is 3.70. The Morgan fingerprint density at radius 1 is 1.31 bits per heavy atom. The fourth-order valence-corrected chi connectivity index (χ4v) is 2.81. The van der Waals surface area contributed by atoms with Crippen LogP contribution in [0.25, 0.3) is 0 Å². The van der Waals surface area contributed by atoms with Crippen molar-refractivity contribution in [1.82, 2.24) is 0 Å². The van der Waals surface area contributed by atoms with Crippen molar-refractivity contribution in [2.24, 2.45) is 0 Å². The first-order valence-electron chi connectivity index (χ1n) is 4.78. The maximum Gasteiger partial charge on any atom is 0.305 e. The Balaban J connectivity index is 3.28. The van der Waals surface area contributed by atoms with E-state index < -0.39 is 20.6 Å². The molecule has 0 unspecified atom stereocenters. The number of rotatable bonds is 4. The number of sulfone groups is 1. The van der Waals surface area contributed by atoms with Crippen molar-refractivity contribution in [3.63, 3.8) is 0 Å². The van der Waals surface area contributed by atoms with Crippen molar-refractivity contribution in [2.75, 3.05) is 5.88 Å². The third-order valence-corrected chi connectivity index (χ3v) is 3.74. The van der Waals surface area contributed by atoms with Gasteiger partial charge in [-0.15, -0.1) is 0 Å². The lowest BCUT2D eigenvalue weighted by Gasteiger charge is -2.10. The quantitative estimate of drug-likeness (QED) is 0.597. The van der Waals surface area contributed by atoms with Gasteiger partial charge in [-0.3, -0.25) is 10.1 Å². The van der Waals surface area contributed by atoms with Gasteiger partial charge in [-0.25, -0.2) is 8.42 Å². The Bertz CT molecular complexity index is 493. The lowest BCUT2D eigenvalue weighted by atomic mass is 10.0. The van der Waals surface area contributed by atoms with Crippen LogP contribution in [0.1, 0.15) is 25.3 Å². The predicted molar refractivity (Wildman–Crippen MR) is 59.6 cm³/mol. The average molecular weight is 243 g/mol. The molecule has 0 saturated heterocycles. The van der Waals surface area contributed by atoms with Gasteiger partial charge in [0.1, 0.15) is 0 Å². The summed E-state index contributed by atoms with van der Waals surface area (Å²) in [6.07, 6.45) is 0. The summed E-state index contributed by atoms with van der Waals surface area (Å²) in [6, 6.07) is 6.38. The fourth-order valence-electron chi connectivity index (χ4n) is 1.45. The van der Waals surface area contributed by atoms with Gasteiger partial charge in [-0.2, -0.15) is 0 Å². The van der Waals surface area contributed by atoms with E-state index in [1.165, 1.54) is 6.07 Å². The largest absolute Gasteiger partial charge is 0.305 e. The molecule has 0 aliphatic heterocycles. The summed E-state index contributed by atoms with van der Waals surface area (Å²) in [7, 11) is -3.83. The normalized spacial score (nSPS) is 11.7. The second-order valence-corrected chi connectivity index (χ2v) is 5.70. The molecule has 1 aromatic carbocycles. The highest BCUT2D eigenvalue weighted by Crippen LogP contribution is 2.24. The molecule has 6 heteroatoms. The van der Waals surface area contributed by atoms with Crippen molar-refractivity contribution in [3.05, 3.63) is 39.9 Å². The average Bonchev–Trinajstić information content (AvgIpc) is 2.15. The number of benzene rings is 1. The van der Waals surface area contributed by atoms with E-state index in [0.717, 1.165) is 0 Å². The molecule has 0 fully saturated rings. The Kier molecular flexibility index (Phi) is 3.64. The van der Waals surface area contributed by atoms with Gasteiger partial charge < -0.3 is 0 Å². The van der Waals surface area contributed by atoms with Crippen molar-refractivity contribution < 1.29 is 13.3 Å². The van der Waals surface area contributed by atoms with Gasteiger partial charge in [0.2, 0.25) is 9.84 Å². The Labute approximate surface area is 94.2 Å². The van der Waals surface area contributed by atoms with Crippen molar-refractivity contribution in [2.45, 2.75) is 24.7 Å². The predicted octanol–water partition coefficient (Wildman–Crippen LogP) is 1.82.